The Morgan fingerprint density at radius 2 is 2.04 bits per heavy atom. The minimum atomic E-state index is -3.25. The summed E-state index contributed by atoms with van der Waals surface area (Å²) in [5, 5.41) is 5.11. The summed E-state index contributed by atoms with van der Waals surface area (Å²) >= 11 is 0. The second kappa shape index (κ2) is 9.98. The Labute approximate surface area is 135 Å². The van der Waals surface area contributed by atoms with Gasteiger partial charge in [0, 0.05) is 26.3 Å². The molecule has 1 heterocycles. The molecule has 23 heavy (non-hydrogen) atoms. The van der Waals surface area contributed by atoms with Gasteiger partial charge in [0.15, 0.2) is 0 Å². The van der Waals surface area contributed by atoms with Crippen LogP contribution >= 0.6 is 0 Å². The number of methoxy groups -OCH3 is 1. The Bertz CT molecular complexity index is 577. The van der Waals surface area contributed by atoms with Crippen molar-refractivity contribution in [1.82, 2.24) is 15.0 Å². The zero-order valence-corrected chi connectivity index (χ0v) is 14.0. The summed E-state index contributed by atoms with van der Waals surface area (Å²) < 4.78 is 34.9. The van der Waals surface area contributed by atoms with E-state index in [2.05, 4.69) is 20.3 Å². The van der Waals surface area contributed by atoms with Crippen molar-refractivity contribution in [2.75, 3.05) is 44.5 Å². The van der Waals surface area contributed by atoms with E-state index in [1.165, 1.54) is 13.1 Å². The van der Waals surface area contributed by atoms with Gasteiger partial charge in [0.2, 0.25) is 15.9 Å². The molecule has 0 saturated carbocycles. The molecular formula is C13H22N4O5S. The number of hydrogen-bond acceptors (Lipinski definition) is 6. The molecule has 130 valence electrons. The highest BCUT2D eigenvalue weighted by Gasteiger charge is 2.06. The highest BCUT2D eigenvalue weighted by atomic mass is 32.2. The number of urea groups is 1. The maximum atomic E-state index is 11.6. The number of sulfonamides is 1. The van der Waals surface area contributed by atoms with E-state index in [-0.39, 0.29) is 18.8 Å². The van der Waals surface area contributed by atoms with Gasteiger partial charge in [-0.1, -0.05) is 0 Å². The molecule has 3 N–H and O–H groups in total. The molecule has 0 radical (unpaired) electrons. The maximum absolute atomic E-state index is 11.6. The maximum Gasteiger partial charge on any atom is 0.319 e. The highest BCUT2D eigenvalue weighted by molar-refractivity contribution is 7.89. The van der Waals surface area contributed by atoms with E-state index < -0.39 is 16.1 Å². The number of anilines is 1. The minimum Gasteiger partial charge on any atom is -0.475 e. The van der Waals surface area contributed by atoms with Crippen LogP contribution in [0.25, 0.3) is 0 Å². The van der Waals surface area contributed by atoms with E-state index in [0.29, 0.717) is 24.8 Å². The van der Waals surface area contributed by atoms with Gasteiger partial charge in [-0.25, -0.2) is 22.9 Å². The van der Waals surface area contributed by atoms with Crippen molar-refractivity contribution >= 4 is 21.7 Å². The van der Waals surface area contributed by atoms with Crippen molar-refractivity contribution < 1.29 is 22.7 Å². The predicted molar refractivity (Wildman–Crippen MR) is 86.1 cm³/mol. The smallest absolute Gasteiger partial charge is 0.319 e. The zero-order valence-electron chi connectivity index (χ0n) is 13.2. The Hall–Kier alpha value is -1.91. The molecular weight excluding hydrogens is 324 g/mol. The number of ether oxygens (including phenoxy) is 2. The van der Waals surface area contributed by atoms with Crippen LogP contribution in [0.15, 0.2) is 18.3 Å². The van der Waals surface area contributed by atoms with E-state index in [1.807, 2.05) is 0 Å². The molecule has 2 amide bonds. The lowest BCUT2D eigenvalue weighted by molar-refractivity contribution is 0.144. The van der Waals surface area contributed by atoms with Gasteiger partial charge in [0.1, 0.15) is 6.61 Å². The van der Waals surface area contributed by atoms with E-state index in [1.54, 1.807) is 19.2 Å². The van der Waals surface area contributed by atoms with E-state index >= 15 is 0 Å². The monoisotopic (exact) mass is 346 g/mol. The second-order valence-corrected chi connectivity index (χ2v) is 6.50. The molecule has 0 fully saturated rings. The lowest BCUT2D eigenvalue weighted by Crippen LogP contribution is -2.37. The van der Waals surface area contributed by atoms with Gasteiger partial charge in [0.25, 0.3) is 0 Å². The molecule has 10 heteroatoms. The fourth-order valence-corrected chi connectivity index (χ4v) is 2.05. The van der Waals surface area contributed by atoms with Gasteiger partial charge in [-0.15, -0.1) is 0 Å². The summed E-state index contributed by atoms with van der Waals surface area (Å²) in [4.78, 5) is 15.7. The fraction of sp³-hybridized carbons (Fsp3) is 0.538. The summed E-state index contributed by atoms with van der Waals surface area (Å²) in [7, 11) is -1.67. The van der Waals surface area contributed by atoms with E-state index in [4.69, 9.17) is 9.47 Å². The molecule has 0 unspecified atom stereocenters. The third-order valence-electron chi connectivity index (χ3n) is 2.64. The molecule has 0 aliphatic rings. The van der Waals surface area contributed by atoms with Crippen LogP contribution in [0, 0.1) is 0 Å². The lowest BCUT2D eigenvalue weighted by Gasteiger charge is -2.09. The number of nitrogens with zero attached hydrogens (tertiary/aromatic N) is 1. The van der Waals surface area contributed by atoms with Gasteiger partial charge >= 0.3 is 6.03 Å². The van der Waals surface area contributed by atoms with Crippen molar-refractivity contribution in [1.29, 1.82) is 0 Å². The molecule has 1 aromatic rings. The molecule has 0 aliphatic heterocycles. The van der Waals surface area contributed by atoms with Crippen LogP contribution in [-0.4, -0.2) is 58.6 Å². The first-order chi connectivity index (χ1) is 11.0. The van der Waals surface area contributed by atoms with Gasteiger partial charge < -0.3 is 20.1 Å². The number of carbonyl (C=O) groups excluding carboxylic acids is 1. The fourth-order valence-electron chi connectivity index (χ4n) is 1.43. The van der Waals surface area contributed by atoms with Crippen LogP contribution in [0.5, 0.6) is 5.88 Å². The molecule has 9 nitrogen and oxygen atoms in total. The standard InChI is InChI=1S/C13H22N4O5S/c1-3-23(19,20)16-7-6-14-13(18)17-11-4-5-12(15-10-11)22-9-8-21-2/h4-5,10,16H,3,6-9H2,1-2H3,(H2,14,17,18). The Morgan fingerprint density at radius 1 is 1.26 bits per heavy atom. The SMILES string of the molecule is CCS(=O)(=O)NCCNC(=O)Nc1ccc(OCCOC)nc1. The minimum absolute atomic E-state index is 0.00364. The highest BCUT2D eigenvalue weighted by Crippen LogP contribution is 2.11. The molecule has 0 atom stereocenters. The first-order valence-electron chi connectivity index (χ1n) is 7.07. The first kappa shape index (κ1) is 19.1. The number of carbonyl (C=O) groups is 1. The molecule has 0 spiro atoms. The average Bonchev–Trinajstić information content (AvgIpc) is 2.53. The van der Waals surface area contributed by atoms with E-state index in [9.17, 15) is 13.2 Å². The first-order valence-corrected chi connectivity index (χ1v) is 8.72. The van der Waals surface area contributed by atoms with Gasteiger partial charge in [-0.3, -0.25) is 0 Å². The number of nitrogens with one attached hydrogen (secondary N) is 3. The Morgan fingerprint density at radius 3 is 2.65 bits per heavy atom. The molecule has 1 aromatic heterocycles. The molecule has 0 bridgehead atoms. The number of hydrogen-bond donors (Lipinski definition) is 3. The Balaban J connectivity index is 2.28. The largest absolute Gasteiger partial charge is 0.475 e. The summed E-state index contributed by atoms with van der Waals surface area (Å²) in [6, 6.07) is 2.82. The number of amides is 2. The molecule has 0 aromatic carbocycles. The van der Waals surface area contributed by atoms with Crippen molar-refractivity contribution in [3.8, 4) is 5.88 Å². The van der Waals surface area contributed by atoms with Crippen LogP contribution < -0.4 is 20.1 Å². The van der Waals surface area contributed by atoms with Gasteiger partial charge in [0.05, 0.1) is 24.2 Å². The number of pyridine rings is 1. The molecule has 0 aliphatic carbocycles. The number of rotatable bonds is 10. The molecule has 1 rings (SSSR count). The lowest BCUT2D eigenvalue weighted by atomic mass is 10.4. The summed E-state index contributed by atoms with van der Waals surface area (Å²) in [5.74, 6) is 0.436. The van der Waals surface area contributed by atoms with Crippen LogP contribution in [0.1, 0.15) is 6.92 Å². The average molecular weight is 346 g/mol. The normalized spacial score (nSPS) is 11.0. The van der Waals surface area contributed by atoms with Crippen LogP contribution in [0.2, 0.25) is 0 Å². The summed E-state index contributed by atoms with van der Waals surface area (Å²) in [6.07, 6.45) is 1.46. The predicted octanol–water partition coefficient (Wildman–Crippen LogP) is 0.168. The molecule has 0 saturated heterocycles. The summed E-state index contributed by atoms with van der Waals surface area (Å²) in [6.45, 7) is 2.71. The summed E-state index contributed by atoms with van der Waals surface area (Å²) in [5.41, 5.74) is 0.496. The van der Waals surface area contributed by atoms with Crippen LogP contribution in [0.3, 0.4) is 0 Å². The van der Waals surface area contributed by atoms with Gasteiger partial charge in [-0.2, -0.15) is 0 Å². The third-order valence-corrected chi connectivity index (χ3v) is 4.05. The van der Waals surface area contributed by atoms with Crippen molar-refractivity contribution in [3.05, 3.63) is 18.3 Å². The van der Waals surface area contributed by atoms with Crippen molar-refractivity contribution in [3.63, 3.8) is 0 Å². The van der Waals surface area contributed by atoms with Crippen LogP contribution in [0.4, 0.5) is 10.5 Å². The third kappa shape index (κ3) is 8.33. The number of aromatic nitrogens is 1. The quantitative estimate of drug-likeness (QED) is 0.520. The second-order valence-electron chi connectivity index (χ2n) is 4.41. The van der Waals surface area contributed by atoms with Crippen molar-refractivity contribution in [2.45, 2.75) is 6.92 Å². The zero-order chi connectivity index (χ0) is 17.1. The van der Waals surface area contributed by atoms with Gasteiger partial charge in [-0.05, 0) is 13.0 Å². The van der Waals surface area contributed by atoms with Crippen LogP contribution in [-0.2, 0) is 14.8 Å². The van der Waals surface area contributed by atoms with E-state index in [0.717, 1.165) is 0 Å². The van der Waals surface area contributed by atoms with Crippen molar-refractivity contribution in [2.24, 2.45) is 0 Å². The topological polar surface area (TPSA) is 119 Å². The Kier molecular flexibility index (Phi) is 8.30.